The van der Waals surface area contributed by atoms with Crippen molar-refractivity contribution in [2.24, 2.45) is 11.5 Å². The topological polar surface area (TPSA) is 345 Å². The molecule has 5 heterocycles. The third-order valence-electron chi connectivity index (χ3n) is 14.4. The van der Waals surface area contributed by atoms with Crippen molar-refractivity contribution in [3.05, 3.63) is 126 Å². The quantitative estimate of drug-likeness (QED) is 0.0238. The minimum atomic E-state index is -1.30. The van der Waals surface area contributed by atoms with Gasteiger partial charge in [0.2, 0.25) is 41.4 Å². The number of H-pyrrole nitrogens is 3. The normalized spacial score (nSPS) is 17.9. The van der Waals surface area contributed by atoms with Crippen LogP contribution in [-0.4, -0.2) is 133 Å². The third kappa shape index (κ3) is 15.5. The van der Waals surface area contributed by atoms with Crippen molar-refractivity contribution in [2.45, 2.75) is 131 Å². The van der Waals surface area contributed by atoms with Gasteiger partial charge in [0.05, 0.1) is 18.4 Å². The van der Waals surface area contributed by atoms with Crippen molar-refractivity contribution in [2.75, 3.05) is 12.3 Å². The van der Waals surface area contributed by atoms with Crippen molar-refractivity contribution in [3.63, 3.8) is 0 Å². The van der Waals surface area contributed by atoms with E-state index in [9.17, 15) is 38.4 Å². The Morgan fingerprint density at radius 3 is 1.81 bits per heavy atom. The zero-order chi connectivity index (χ0) is 55.8. The number of carbonyl (C=O) groups is 8. The summed E-state index contributed by atoms with van der Waals surface area (Å²) < 4.78 is 0. The maximum atomic E-state index is 14.7. The van der Waals surface area contributed by atoms with E-state index in [4.69, 9.17) is 11.5 Å². The Morgan fingerprint density at radius 1 is 0.633 bits per heavy atom. The van der Waals surface area contributed by atoms with Gasteiger partial charge in [-0.2, -0.15) is 11.8 Å². The number of imidazole rings is 1. The van der Waals surface area contributed by atoms with E-state index in [1.54, 1.807) is 54.6 Å². The molecular weight excluding hydrogens is 1030 g/mol. The number of nitrogens with two attached hydrogens (primary N) is 2. The molecule has 8 rings (SSSR count). The molecule has 79 heavy (non-hydrogen) atoms. The zero-order valence-corrected chi connectivity index (χ0v) is 44.8. The molecule has 418 valence electrons. The first-order valence-corrected chi connectivity index (χ1v) is 27.9. The average Bonchev–Trinajstić information content (AvgIpc) is 4.35. The van der Waals surface area contributed by atoms with Crippen molar-refractivity contribution in [1.29, 1.82) is 0 Å². The fourth-order valence-electron chi connectivity index (χ4n) is 10.2. The predicted octanol–water partition coefficient (Wildman–Crippen LogP) is 1.91. The highest BCUT2D eigenvalue weighted by Crippen LogP contribution is 2.33. The summed E-state index contributed by atoms with van der Waals surface area (Å²) in [7, 11) is 0. The Morgan fingerprint density at radius 2 is 1.20 bits per heavy atom. The number of amides is 9. The summed E-state index contributed by atoms with van der Waals surface area (Å²) >= 11 is 1.80. The van der Waals surface area contributed by atoms with Crippen molar-refractivity contribution in [3.8, 4) is 0 Å². The molecule has 9 atom stereocenters. The molecule has 3 aromatic heterocycles. The molecule has 23 heteroatoms. The van der Waals surface area contributed by atoms with Crippen LogP contribution in [0.5, 0.6) is 0 Å². The molecule has 15 N–H and O–H groups in total. The average molecular weight is 1100 g/mol. The highest BCUT2D eigenvalue weighted by molar-refractivity contribution is 8.00. The van der Waals surface area contributed by atoms with E-state index >= 15 is 0 Å². The molecule has 0 radical (unpaired) electrons. The second kappa shape index (κ2) is 27.4. The van der Waals surface area contributed by atoms with Gasteiger partial charge in [0, 0.05) is 89.2 Å². The molecule has 2 aliphatic rings. The Balaban J connectivity index is 0.981. The van der Waals surface area contributed by atoms with Gasteiger partial charge in [-0.15, -0.1) is 0 Å². The lowest BCUT2D eigenvalue weighted by Crippen LogP contribution is -2.60. The first kappa shape index (κ1) is 57.0. The van der Waals surface area contributed by atoms with Crippen molar-refractivity contribution < 1.29 is 38.4 Å². The third-order valence-corrected chi connectivity index (χ3v) is 16.0. The number of thioether (sulfide) groups is 1. The summed E-state index contributed by atoms with van der Waals surface area (Å²) in [6, 6.07) is 16.7. The fraction of sp³-hybridized carbons (Fsp3) is 0.411. The van der Waals surface area contributed by atoms with E-state index < -0.39 is 71.7 Å². The first-order valence-electron chi connectivity index (χ1n) is 26.8. The van der Waals surface area contributed by atoms with Crippen LogP contribution in [0.15, 0.2) is 104 Å². The predicted molar refractivity (Wildman–Crippen MR) is 300 cm³/mol. The fourth-order valence-corrected chi connectivity index (χ4v) is 11.7. The molecule has 0 bridgehead atoms. The van der Waals surface area contributed by atoms with Gasteiger partial charge in [-0.05, 0) is 74.4 Å². The summed E-state index contributed by atoms with van der Waals surface area (Å²) in [5.74, 6) is -3.77. The number of aromatic nitrogens is 4. The van der Waals surface area contributed by atoms with Crippen LogP contribution in [0.2, 0.25) is 0 Å². The number of benzene rings is 3. The number of urea groups is 1. The number of fused-ring (bicyclic) bond motifs is 3. The number of carbonyl (C=O) groups excluding carboxylic acids is 8. The smallest absolute Gasteiger partial charge is 0.315 e. The number of rotatable bonds is 29. The van der Waals surface area contributed by atoms with Crippen LogP contribution in [0.25, 0.3) is 21.8 Å². The second-order valence-corrected chi connectivity index (χ2v) is 21.5. The molecule has 22 nitrogen and oxygen atoms in total. The molecule has 2 aliphatic heterocycles. The number of para-hydroxylation sites is 2. The summed E-state index contributed by atoms with van der Waals surface area (Å²) in [4.78, 5) is 124. The number of hydrogen-bond donors (Lipinski definition) is 13. The Hall–Kier alpha value is -8.18. The Kier molecular flexibility index (Phi) is 19.8. The van der Waals surface area contributed by atoms with Crippen LogP contribution < -0.4 is 54.0 Å². The summed E-state index contributed by atoms with van der Waals surface area (Å²) in [5, 5.41) is 24.7. The molecular formula is C56H70N14O8S. The zero-order valence-electron chi connectivity index (χ0n) is 44.0. The van der Waals surface area contributed by atoms with E-state index in [1.165, 1.54) is 13.3 Å². The molecule has 2 fully saturated rings. The first-order chi connectivity index (χ1) is 38.2. The maximum absolute atomic E-state index is 14.7. The van der Waals surface area contributed by atoms with Crippen LogP contribution in [0.1, 0.15) is 74.3 Å². The van der Waals surface area contributed by atoms with Crippen molar-refractivity contribution >= 4 is 80.9 Å². The molecule has 0 saturated carbocycles. The summed E-state index contributed by atoms with van der Waals surface area (Å²) in [5.41, 5.74) is 15.6. The van der Waals surface area contributed by atoms with E-state index in [0.29, 0.717) is 48.2 Å². The van der Waals surface area contributed by atoms with Gasteiger partial charge in [-0.3, -0.25) is 33.6 Å². The summed E-state index contributed by atoms with van der Waals surface area (Å²) in [6.45, 7) is 1.84. The van der Waals surface area contributed by atoms with E-state index in [-0.39, 0.29) is 67.8 Å². The van der Waals surface area contributed by atoms with Gasteiger partial charge in [-0.1, -0.05) is 73.2 Å². The van der Waals surface area contributed by atoms with Gasteiger partial charge >= 0.3 is 6.03 Å². The standard InChI is InChI=1S/C56H70N14O8S/c1-32(51(73)66-44(25-35-28-61-40-18-8-6-16-38(35)40)54(76)67-42(23-33-13-3-2-4-14-33)53(75)65-41(50(58)72)19-11-12-22-57)63-52(74)43(24-34-27-60-39-17-7-5-15-37(34)39)68-55(77)45(26-36-29-59-31-62-36)64-48(71)21-10-9-20-47-49-46(30-79-47)69-56(78)70-49/h2-8,13-18,27-29,31-32,41-47,49,60-61H,9-12,19-26,30,57H2,1H3,(H2,58,72)(H,59,62)(H,63,74)(H,64,71)(H,65,75)(H,66,73)(H,67,76)(H,68,77)(H2,69,70,78)/t32?,41?,42?,43?,44?,45?,46-,47?,49-/m1/s1. The summed E-state index contributed by atoms with van der Waals surface area (Å²) in [6.07, 6.45) is 10.1. The van der Waals surface area contributed by atoms with Crippen LogP contribution in [-0.2, 0) is 59.2 Å². The number of primary amides is 1. The van der Waals surface area contributed by atoms with E-state index in [1.807, 2.05) is 54.6 Å². The number of hydrogen-bond acceptors (Lipinski definition) is 11. The van der Waals surface area contributed by atoms with E-state index in [2.05, 4.69) is 62.5 Å². The molecule has 2 saturated heterocycles. The van der Waals surface area contributed by atoms with Crippen molar-refractivity contribution in [1.82, 2.24) is 62.5 Å². The Bertz CT molecular complexity index is 3080. The van der Waals surface area contributed by atoms with Gasteiger partial charge in [0.15, 0.2) is 0 Å². The van der Waals surface area contributed by atoms with Gasteiger partial charge < -0.3 is 69.0 Å². The lowest BCUT2D eigenvalue weighted by Gasteiger charge is -2.27. The van der Waals surface area contributed by atoms with Crippen LogP contribution in [0.3, 0.4) is 0 Å². The molecule has 9 amide bonds. The number of nitrogens with one attached hydrogen (secondary N) is 11. The van der Waals surface area contributed by atoms with E-state index in [0.717, 1.165) is 40.4 Å². The minimum Gasteiger partial charge on any atom is -0.368 e. The SMILES string of the molecule is CC(NC(=O)C(Cc1c[nH]c2ccccc12)NC(=O)C(Cc1cnc[nH]1)NC(=O)CCCCC1SC[C@H]2NC(=O)N[C@@H]12)C(=O)NC(Cc1c[nH]c2ccccc12)C(=O)NC(Cc1ccccc1)C(=O)NC(CCCCN)C(N)=O. The molecule has 0 aliphatic carbocycles. The molecule has 7 unspecified atom stereocenters. The van der Waals surface area contributed by atoms with Crippen LogP contribution in [0.4, 0.5) is 4.79 Å². The monoisotopic (exact) mass is 1100 g/mol. The minimum absolute atomic E-state index is 0.0161. The number of nitrogens with zero attached hydrogens (tertiary/aromatic N) is 1. The number of aromatic amines is 3. The lowest BCUT2D eigenvalue weighted by molar-refractivity contribution is -0.135. The maximum Gasteiger partial charge on any atom is 0.315 e. The van der Waals surface area contributed by atoms with Crippen LogP contribution >= 0.6 is 11.8 Å². The molecule has 0 spiro atoms. The largest absolute Gasteiger partial charge is 0.368 e. The molecule has 6 aromatic rings. The second-order valence-electron chi connectivity index (χ2n) is 20.2. The molecule has 3 aromatic carbocycles. The lowest BCUT2D eigenvalue weighted by atomic mass is 10.0. The number of unbranched alkanes of at least 4 members (excludes halogenated alkanes) is 2. The van der Waals surface area contributed by atoms with Crippen LogP contribution in [0, 0.1) is 0 Å². The van der Waals surface area contributed by atoms with Gasteiger partial charge in [-0.25, -0.2) is 9.78 Å². The highest BCUT2D eigenvalue weighted by atomic mass is 32.2. The Labute approximate surface area is 461 Å². The highest BCUT2D eigenvalue weighted by Gasteiger charge is 2.42. The van der Waals surface area contributed by atoms with Gasteiger partial charge in [0.25, 0.3) is 0 Å². The van der Waals surface area contributed by atoms with Gasteiger partial charge in [0.1, 0.15) is 36.3 Å².